The van der Waals surface area contributed by atoms with Gasteiger partial charge in [-0.15, -0.1) is 0 Å². The lowest BCUT2D eigenvalue weighted by Gasteiger charge is -2.30. The third kappa shape index (κ3) is 4.76. The molecule has 1 unspecified atom stereocenters. The van der Waals surface area contributed by atoms with Crippen molar-refractivity contribution in [2.24, 2.45) is 0 Å². The monoisotopic (exact) mass is 280 g/mol. The van der Waals surface area contributed by atoms with E-state index in [1.54, 1.807) is 6.07 Å². The highest BCUT2D eigenvalue weighted by atomic mass is 16.5. The summed E-state index contributed by atoms with van der Waals surface area (Å²) in [5.74, 6) is 0.307. The molecule has 1 aromatic carbocycles. The minimum absolute atomic E-state index is 0.307. The number of rotatable bonds is 6. The minimum Gasteiger partial charge on any atom is -0.508 e. The third-order valence-electron chi connectivity index (χ3n) is 3.53. The average molecular weight is 280 g/mol. The van der Waals surface area contributed by atoms with Gasteiger partial charge < -0.3 is 14.9 Å². The molecule has 112 valence electrons. The van der Waals surface area contributed by atoms with Crippen LogP contribution in [0.5, 0.6) is 5.75 Å². The number of hydrogen-bond acceptors (Lipinski definition) is 5. The van der Waals surface area contributed by atoms with Crippen LogP contribution in [0.25, 0.3) is 0 Å². The Morgan fingerprint density at radius 1 is 1.30 bits per heavy atom. The van der Waals surface area contributed by atoms with Gasteiger partial charge in [-0.3, -0.25) is 9.80 Å². The quantitative estimate of drug-likeness (QED) is 0.795. The Morgan fingerprint density at radius 3 is 2.70 bits per heavy atom. The smallest absolute Gasteiger partial charge is 0.120 e. The molecule has 1 fully saturated rings. The fraction of sp³-hybridized carbons (Fsp3) is 0.600. The molecule has 0 bridgehead atoms. The number of β-amino-alcohol motifs (C(OH)–C–C–N with tert-alkyl or cyclic N) is 1. The van der Waals surface area contributed by atoms with Crippen LogP contribution in [0.4, 0.5) is 0 Å². The summed E-state index contributed by atoms with van der Waals surface area (Å²) in [7, 11) is 1.95. The largest absolute Gasteiger partial charge is 0.508 e. The van der Waals surface area contributed by atoms with Gasteiger partial charge in [0.2, 0.25) is 0 Å². The maximum Gasteiger partial charge on any atom is 0.120 e. The zero-order valence-electron chi connectivity index (χ0n) is 12.0. The van der Waals surface area contributed by atoms with Crippen molar-refractivity contribution in [3.8, 4) is 5.75 Å². The zero-order valence-corrected chi connectivity index (χ0v) is 12.0. The summed E-state index contributed by atoms with van der Waals surface area (Å²) in [5.41, 5.74) is 0.883. The van der Waals surface area contributed by atoms with Crippen LogP contribution in [-0.4, -0.2) is 72.6 Å². The highest BCUT2D eigenvalue weighted by Gasteiger charge is 2.16. The Morgan fingerprint density at radius 2 is 2.00 bits per heavy atom. The van der Waals surface area contributed by atoms with Crippen molar-refractivity contribution in [2.75, 3.05) is 46.4 Å². The lowest BCUT2D eigenvalue weighted by atomic mass is 10.2. The molecule has 1 aliphatic rings. The van der Waals surface area contributed by atoms with E-state index in [2.05, 4.69) is 4.90 Å². The Hall–Kier alpha value is -1.14. The van der Waals surface area contributed by atoms with E-state index in [0.717, 1.165) is 31.9 Å². The SMILES string of the molecule is CN(Cc1ccccc1O)CC(O)CN1CCOCC1. The number of aliphatic hydroxyl groups excluding tert-OH is 1. The first kappa shape index (κ1) is 15.3. The standard InChI is InChI=1S/C15H24N2O3/c1-16(10-13-4-2-3-5-15(13)19)11-14(18)12-17-6-8-20-9-7-17/h2-5,14,18-19H,6-12H2,1H3. The summed E-state index contributed by atoms with van der Waals surface area (Å²) in [6.07, 6.45) is -0.385. The van der Waals surface area contributed by atoms with Gasteiger partial charge in [0, 0.05) is 38.3 Å². The molecular formula is C15H24N2O3. The number of morpholine rings is 1. The summed E-state index contributed by atoms with van der Waals surface area (Å²) < 4.78 is 5.29. The van der Waals surface area contributed by atoms with Crippen molar-refractivity contribution >= 4 is 0 Å². The van der Waals surface area contributed by atoms with E-state index in [1.165, 1.54) is 0 Å². The molecule has 0 saturated carbocycles. The number of aliphatic hydroxyl groups is 1. The summed E-state index contributed by atoms with van der Waals surface area (Å²) in [6.45, 7) is 5.17. The van der Waals surface area contributed by atoms with E-state index in [-0.39, 0.29) is 6.10 Å². The topological polar surface area (TPSA) is 56.2 Å². The van der Waals surface area contributed by atoms with Crippen LogP contribution in [0.2, 0.25) is 0 Å². The first-order valence-corrected chi connectivity index (χ1v) is 7.08. The van der Waals surface area contributed by atoms with Crippen molar-refractivity contribution in [3.05, 3.63) is 29.8 Å². The number of benzene rings is 1. The highest BCUT2D eigenvalue weighted by molar-refractivity contribution is 5.31. The van der Waals surface area contributed by atoms with Crippen molar-refractivity contribution in [1.82, 2.24) is 9.80 Å². The van der Waals surface area contributed by atoms with Crippen LogP contribution in [0, 0.1) is 0 Å². The summed E-state index contributed by atoms with van der Waals surface area (Å²) in [5, 5.41) is 19.9. The number of phenols is 1. The summed E-state index contributed by atoms with van der Waals surface area (Å²) in [4.78, 5) is 4.25. The van der Waals surface area contributed by atoms with E-state index in [0.29, 0.717) is 25.4 Å². The second-order valence-corrected chi connectivity index (χ2v) is 5.39. The van der Waals surface area contributed by atoms with E-state index in [9.17, 15) is 10.2 Å². The molecule has 1 heterocycles. The van der Waals surface area contributed by atoms with Gasteiger partial charge in [-0.25, -0.2) is 0 Å². The molecule has 2 N–H and O–H groups in total. The molecule has 0 aromatic heterocycles. The molecule has 0 radical (unpaired) electrons. The van der Waals surface area contributed by atoms with E-state index >= 15 is 0 Å². The Bertz CT molecular complexity index is 408. The molecular weight excluding hydrogens is 256 g/mol. The molecule has 0 amide bonds. The van der Waals surface area contributed by atoms with E-state index < -0.39 is 0 Å². The normalized spacial score (nSPS) is 18.4. The van der Waals surface area contributed by atoms with Crippen molar-refractivity contribution in [2.45, 2.75) is 12.6 Å². The van der Waals surface area contributed by atoms with Gasteiger partial charge in [-0.1, -0.05) is 18.2 Å². The van der Waals surface area contributed by atoms with Gasteiger partial charge in [0.25, 0.3) is 0 Å². The summed E-state index contributed by atoms with van der Waals surface area (Å²) in [6, 6.07) is 7.31. The number of aromatic hydroxyl groups is 1. The minimum atomic E-state index is -0.385. The molecule has 1 aromatic rings. The van der Waals surface area contributed by atoms with Gasteiger partial charge in [0.05, 0.1) is 19.3 Å². The van der Waals surface area contributed by atoms with Crippen molar-refractivity contribution < 1.29 is 14.9 Å². The van der Waals surface area contributed by atoms with Crippen LogP contribution in [0.15, 0.2) is 24.3 Å². The number of likely N-dealkylation sites (N-methyl/N-ethyl adjacent to an activating group) is 1. The molecule has 5 heteroatoms. The van der Waals surface area contributed by atoms with Crippen LogP contribution < -0.4 is 0 Å². The predicted octanol–water partition coefficient (Wildman–Crippen LogP) is 0.517. The Kier molecular flexibility index (Phi) is 5.79. The zero-order chi connectivity index (χ0) is 14.4. The maximum absolute atomic E-state index is 10.1. The molecule has 20 heavy (non-hydrogen) atoms. The fourth-order valence-corrected chi connectivity index (χ4v) is 2.50. The second kappa shape index (κ2) is 7.59. The lowest BCUT2D eigenvalue weighted by Crippen LogP contribution is -2.43. The third-order valence-corrected chi connectivity index (χ3v) is 3.53. The molecule has 5 nitrogen and oxygen atoms in total. The first-order valence-electron chi connectivity index (χ1n) is 7.08. The first-order chi connectivity index (χ1) is 9.65. The molecule has 0 spiro atoms. The van der Waals surface area contributed by atoms with Crippen LogP contribution in [-0.2, 0) is 11.3 Å². The Labute approximate surface area is 120 Å². The molecule has 2 rings (SSSR count). The highest BCUT2D eigenvalue weighted by Crippen LogP contribution is 2.17. The number of nitrogens with zero attached hydrogens (tertiary/aromatic N) is 2. The van der Waals surface area contributed by atoms with E-state index in [4.69, 9.17) is 4.74 Å². The van der Waals surface area contributed by atoms with E-state index in [1.807, 2.05) is 30.1 Å². The van der Waals surface area contributed by atoms with Crippen molar-refractivity contribution in [3.63, 3.8) is 0 Å². The average Bonchev–Trinajstić information content (AvgIpc) is 2.42. The Balaban J connectivity index is 1.75. The number of ether oxygens (including phenoxy) is 1. The van der Waals surface area contributed by atoms with Crippen LogP contribution >= 0.6 is 0 Å². The van der Waals surface area contributed by atoms with Gasteiger partial charge >= 0.3 is 0 Å². The molecule has 1 atom stereocenters. The molecule has 1 aliphatic heterocycles. The number of phenolic OH excluding ortho intramolecular Hbond substituents is 1. The van der Waals surface area contributed by atoms with Crippen LogP contribution in [0.3, 0.4) is 0 Å². The summed E-state index contributed by atoms with van der Waals surface area (Å²) >= 11 is 0. The number of hydrogen-bond donors (Lipinski definition) is 2. The lowest BCUT2D eigenvalue weighted by molar-refractivity contribution is 0.00821. The molecule has 0 aliphatic carbocycles. The van der Waals surface area contributed by atoms with Gasteiger partial charge in [0.15, 0.2) is 0 Å². The van der Waals surface area contributed by atoms with Gasteiger partial charge in [-0.05, 0) is 13.1 Å². The van der Waals surface area contributed by atoms with Gasteiger partial charge in [0.1, 0.15) is 5.75 Å². The van der Waals surface area contributed by atoms with Crippen molar-refractivity contribution in [1.29, 1.82) is 0 Å². The number of para-hydroxylation sites is 1. The van der Waals surface area contributed by atoms with Gasteiger partial charge in [-0.2, -0.15) is 0 Å². The second-order valence-electron chi connectivity index (χ2n) is 5.39. The van der Waals surface area contributed by atoms with Crippen LogP contribution in [0.1, 0.15) is 5.56 Å². The predicted molar refractivity (Wildman–Crippen MR) is 77.7 cm³/mol. The maximum atomic E-state index is 10.1. The fourth-order valence-electron chi connectivity index (χ4n) is 2.50. The molecule has 1 saturated heterocycles.